The summed E-state index contributed by atoms with van der Waals surface area (Å²) in [5.41, 5.74) is 6.64. The normalized spacial score (nSPS) is 15.8. The smallest absolute Gasteiger partial charge is 0.414 e. The number of amides is 2. The van der Waals surface area contributed by atoms with Crippen molar-refractivity contribution >= 4 is 23.6 Å². The molecule has 9 heteroatoms. The Kier molecular flexibility index (Phi) is 7.79. The van der Waals surface area contributed by atoms with E-state index in [9.17, 15) is 24.8 Å². The molecule has 0 spiro atoms. The van der Waals surface area contributed by atoms with Crippen LogP contribution in [-0.2, 0) is 11.3 Å². The zero-order chi connectivity index (χ0) is 29.9. The van der Waals surface area contributed by atoms with E-state index in [-0.39, 0.29) is 30.7 Å². The summed E-state index contributed by atoms with van der Waals surface area (Å²) in [6.07, 6.45) is 0.00939. The van der Waals surface area contributed by atoms with Crippen LogP contribution in [0.15, 0.2) is 97.1 Å². The molecule has 4 aromatic carbocycles. The first-order chi connectivity index (χ1) is 20.9. The standard InChI is InChI=1S/C34H31N3O6/c38-33(39)35-19-7-8-24(21-35)26-9-5-6-14-32(26)36(20-23-15-17-25(18-16-23)37(41)42)34(40)43-22-31-29-12-3-1-10-27(29)28-11-2-4-13-30(28)31/h1-6,9-18,24,31H,7-8,19-22H2,(H,38,39). The number of hydrogen-bond acceptors (Lipinski definition) is 5. The van der Waals surface area contributed by atoms with Crippen molar-refractivity contribution in [2.24, 2.45) is 0 Å². The molecule has 1 saturated heterocycles. The molecule has 0 saturated carbocycles. The van der Waals surface area contributed by atoms with Gasteiger partial charge in [0.05, 0.1) is 17.2 Å². The number of fused-ring (bicyclic) bond motifs is 3. The van der Waals surface area contributed by atoms with Crippen LogP contribution in [0.5, 0.6) is 0 Å². The molecule has 43 heavy (non-hydrogen) atoms. The van der Waals surface area contributed by atoms with Gasteiger partial charge in [-0.2, -0.15) is 0 Å². The van der Waals surface area contributed by atoms with Crippen LogP contribution < -0.4 is 4.90 Å². The molecule has 0 bridgehead atoms. The number of nitro groups is 1. The summed E-state index contributed by atoms with van der Waals surface area (Å²) in [7, 11) is 0. The third-order valence-corrected chi connectivity index (χ3v) is 8.40. The van der Waals surface area contributed by atoms with Crippen molar-refractivity contribution < 1.29 is 24.4 Å². The number of ether oxygens (including phenoxy) is 1. The molecule has 218 valence electrons. The number of nitrogens with zero attached hydrogens (tertiary/aromatic N) is 3. The van der Waals surface area contributed by atoms with Gasteiger partial charge in [-0.15, -0.1) is 0 Å². The Hall–Kier alpha value is -5.18. The number of hydrogen-bond donors (Lipinski definition) is 1. The summed E-state index contributed by atoms with van der Waals surface area (Å²) < 4.78 is 6.07. The largest absolute Gasteiger partial charge is 0.465 e. The number of carbonyl (C=O) groups is 2. The second-order valence-corrected chi connectivity index (χ2v) is 10.9. The quantitative estimate of drug-likeness (QED) is 0.181. The molecule has 1 aliphatic heterocycles. The van der Waals surface area contributed by atoms with Crippen molar-refractivity contribution in [1.29, 1.82) is 0 Å². The fourth-order valence-electron chi connectivity index (χ4n) is 6.31. The van der Waals surface area contributed by atoms with Crippen LogP contribution in [0.1, 0.15) is 46.9 Å². The number of carboxylic acid groups (broad SMARTS) is 1. The average molecular weight is 578 g/mol. The summed E-state index contributed by atoms with van der Waals surface area (Å²) in [5, 5.41) is 20.9. The number of likely N-dealkylation sites (tertiary alicyclic amines) is 1. The highest BCUT2D eigenvalue weighted by Crippen LogP contribution is 2.44. The van der Waals surface area contributed by atoms with E-state index in [1.807, 2.05) is 48.5 Å². The Morgan fingerprint density at radius 3 is 2.12 bits per heavy atom. The molecule has 1 fully saturated rings. The number of non-ortho nitro benzene ring substituents is 1. The molecule has 1 aliphatic carbocycles. The molecule has 1 heterocycles. The molecule has 9 nitrogen and oxygen atoms in total. The maximum atomic E-state index is 14.0. The number of rotatable bonds is 7. The van der Waals surface area contributed by atoms with Gasteiger partial charge in [-0.25, -0.2) is 9.59 Å². The van der Waals surface area contributed by atoms with E-state index in [1.54, 1.807) is 17.0 Å². The van der Waals surface area contributed by atoms with Crippen molar-refractivity contribution in [1.82, 2.24) is 4.90 Å². The van der Waals surface area contributed by atoms with E-state index in [2.05, 4.69) is 24.3 Å². The Bertz CT molecular complexity index is 1630. The second-order valence-electron chi connectivity index (χ2n) is 10.9. The molecular weight excluding hydrogens is 546 g/mol. The Labute approximate surface area is 249 Å². The van der Waals surface area contributed by atoms with Crippen LogP contribution in [0, 0.1) is 10.1 Å². The lowest BCUT2D eigenvalue weighted by Gasteiger charge is -2.34. The van der Waals surface area contributed by atoms with E-state index in [4.69, 9.17) is 4.74 Å². The van der Waals surface area contributed by atoms with Gasteiger partial charge in [0.1, 0.15) is 6.61 Å². The van der Waals surface area contributed by atoms with Gasteiger partial charge < -0.3 is 14.7 Å². The van der Waals surface area contributed by atoms with Gasteiger partial charge in [0.2, 0.25) is 0 Å². The first-order valence-corrected chi connectivity index (χ1v) is 14.3. The number of nitro benzene ring substituents is 1. The van der Waals surface area contributed by atoms with Gasteiger partial charge in [-0.05, 0) is 52.3 Å². The van der Waals surface area contributed by atoms with Crippen LogP contribution in [0.3, 0.4) is 0 Å². The molecule has 2 amide bonds. The van der Waals surface area contributed by atoms with Crippen LogP contribution in [0.25, 0.3) is 11.1 Å². The van der Waals surface area contributed by atoms with Crippen molar-refractivity contribution in [2.75, 3.05) is 24.6 Å². The zero-order valence-corrected chi connectivity index (χ0v) is 23.5. The molecule has 0 aromatic heterocycles. The Balaban J connectivity index is 1.31. The lowest BCUT2D eigenvalue weighted by Crippen LogP contribution is -2.39. The van der Waals surface area contributed by atoms with E-state index >= 15 is 0 Å². The van der Waals surface area contributed by atoms with Gasteiger partial charge >= 0.3 is 12.2 Å². The highest BCUT2D eigenvalue weighted by atomic mass is 16.6. The maximum Gasteiger partial charge on any atom is 0.414 e. The van der Waals surface area contributed by atoms with E-state index in [1.165, 1.54) is 17.0 Å². The monoisotopic (exact) mass is 577 g/mol. The van der Waals surface area contributed by atoms with Gasteiger partial charge in [-0.3, -0.25) is 15.0 Å². The number of piperidine rings is 1. The molecule has 1 N–H and O–H groups in total. The van der Waals surface area contributed by atoms with Gasteiger partial charge in [0.15, 0.2) is 0 Å². The van der Waals surface area contributed by atoms with Crippen molar-refractivity contribution in [3.8, 4) is 11.1 Å². The summed E-state index contributed by atoms with van der Waals surface area (Å²) >= 11 is 0. The minimum atomic E-state index is -0.957. The summed E-state index contributed by atoms with van der Waals surface area (Å²) in [6, 6.07) is 29.9. The second kappa shape index (κ2) is 12.0. The highest BCUT2D eigenvalue weighted by Gasteiger charge is 2.32. The average Bonchev–Trinajstić information content (AvgIpc) is 3.36. The molecule has 2 aliphatic rings. The highest BCUT2D eigenvalue weighted by molar-refractivity contribution is 5.89. The van der Waals surface area contributed by atoms with Gasteiger partial charge in [0.25, 0.3) is 5.69 Å². The van der Waals surface area contributed by atoms with Crippen molar-refractivity contribution in [2.45, 2.75) is 31.2 Å². The van der Waals surface area contributed by atoms with Crippen LogP contribution in [-0.4, -0.2) is 46.8 Å². The van der Waals surface area contributed by atoms with E-state index in [0.717, 1.165) is 40.7 Å². The van der Waals surface area contributed by atoms with E-state index < -0.39 is 17.1 Å². The molecule has 1 atom stereocenters. The molecule has 6 rings (SSSR count). The minimum Gasteiger partial charge on any atom is -0.465 e. The zero-order valence-electron chi connectivity index (χ0n) is 23.5. The summed E-state index contributed by atoms with van der Waals surface area (Å²) in [6.45, 7) is 1.08. The number of benzene rings is 4. The topological polar surface area (TPSA) is 113 Å². The predicted molar refractivity (Wildman–Crippen MR) is 162 cm³/mol. The molecular formula is C34H31N3O6. The van der Waals surface area contributed by atoms with Crippen molar-refractivity contribution in [3.63, 3.8) is 0 Å². The van der Waals surface area contributed by atoms with Gasteiger partial charge in [0, 0.05) is 37.1 Å². The third-order valence-electron chi connectivity index (χ3n) is 8.40. The lowest BCUT2D eigenvalue weighted by atomic mass is 9.89. The fraction of sp³-hybridized carbons (Fsp3) is 0.235. The third kappa shape index (κ3) is 5.66. The first-order valence-electron chi connectivity index (χ1n) is 14.3. The van der Waals surface area contributed by atoms with Crippen LogP contribution in [0.2, 0.25) is 0 Å². The maximum absolute atomic E-state index is 14.0. The van der Waals surface area contributed by atoms with Crippen LogP contribution in [0.4, 0.5) is 21.0 Å². The predicted octanol–water partition coefficient (Wildman–Crippen LogP) is 7.41. The Morgan fingerprint density at radius 2 is 1.49 bits per heavy atom. The number of anilines is 1. The van der Waals surface area contributed by atoms with E-state index in [0.29, 0.717) is 24.3 Å². The first kappa shape index (κ1) is 28.0. The SMILES string of the molecule is O=C(O)N1CCCC(c2ccccc2N(Cc2ccc([N+](=O)[O-])cc2)C(=O)OCC2c3ccccc3-c3ccccc32)C1. The Morgan fingerprint density at radius 1 is 0.884 bits per heavy atom. The number of carbonyl (C=O) groups excluding carboxylic acids is 1. The summed E-state index contributed by atoms with van der Waals surface area (Å²) in [5.74, 6) is -0.211. The fourth-order valence-corrected chi connectivity index (χ4v) is 6.31. The molecule has 1 unspecified atom stereocenters. The lowest BCUT2D eigenvalue weighted by molar-refractivity contribution is -0.384. The summed E-state index contributed by atoms with van der Waals surface area (Å²) in [4.78, 5) is 39.5. The number of para-hydroxylation sites is 1. The van der Waals surface area contributed by atoms with Crippen LogP contribution >= 0.6 is 0 Å². The van der Waals surface area contributed by atoms with Crippen molar-refractivity contribution in [3.05, 3.63) is 129 Å². The van der Waals surface area contributed by atoms with Gasteiger partial charge in [-0.1, -0.05) is 78.9 Å². The molecule has 0 radical (unpaired) electrons. The minimum absolute atomic E-state index is 0.0344. The molecule has 4 aromatic rings.